The number of halogens is 1. The molecule has 0 aliphatic carbocycles. The van der Waals surface area contributed by atoms with Gasteiger partial charge in [-0.15, -0.1) is 12.4 Å². The minimum Gasteiger partial charge on any atom is -0.454 e. The van der Waals surface area contributed by atoms with E-state index in [0.717, 1.165) is 6.54 Å². The van der Waals surface area contributed by atoms with Crippen molar-refractivity contribution in [2.24, 2.45) is 0 Å². The SMILES string of the molecule is Cl.O=C(CC1CNCCO1)Nc1ccc2c(c1)OCO2. The summed E-state index contributed by atoms with van der Waals surface area (Å²) in [5, 5.41) is 6.03. The van der Waals surface area contributed by atoms with Crippen molar-refractivity contribution in [1.82, 2.24) is 5.32 Å². The molecule has 1 aromatic rings. The van der Waals surface area contributed by atoms with Crippen LogP contribution in [0, 0.1) is 0 Å². The number of rotatable bonds is 3. The zero-order valence-corrected chi connectivity index (χ0v) is 11.7. The van der Waals surface area contributed by atoms with Crippen LogP contribution < -0.4 is 20.1 Å². The Kier molecular flexibility index (Phi) is 5.05. The van der Waals surface area contributed by atoms with Gasteiger partial charge in [-0.05, 0) is 12.1 Å². The lowest BCUT2D eigenvalue weighted by Crippen LogP contribution is -2.40. The van der Waals surface area contributed by atoms with Crippen LogP contribution in [0.1, 0.15) is 6.42 Å². The van der Waals surface area contributed by atoms with E-state index in [1.54, 1.807) is 18.2 Å². The molecule has 2 heterocycles. The lowest BCUT2D eigenvalue weighted by molar-refractivity contribution is -0.119. The van der Waals surface area contributed by atoms with Gasteiger partial charge in [0.05, 0.1) is 19.1 Å². The van der Waals surface area contributed by atoms with Gasteiger partial charge in [0.25, 0.3) is 0 Å². The van der Waals surface area contributed by atoms with Crippen molar-refractivity contribution < 1.29 is 19.0 Å². The van der Waals surface area contributed by atoms with Crippen LogP contribution in [-0.2, 0) is 9.53 Å². The number of benzene rings is 1. The van der Waals surface area contributed by atoms with Crippen molar-refractivity contribution in [3.8, 4) is 11.5 Å². The smallest absolute Gasteiger partial charge is 0.231 e. The highest BCUT2D eigenvalue weighted by molar-refractivity contribution is 5.91. The molecule has 0 aromatic heterocycles. The maximum absolute atomic E-state index is 11.9. The first-order chi connectivity index (χ1) is 9.31. The van der Waals surface area contributed by atoms with Gasteiger partial charge in [0.2, 0.25) is 12.7 Å². The lowest BCUT2D eigenvalue weighted by atomic mass is 10.2. The third-order valence-corrected chi connectivity index (χ3v) is 3.07. The summed E-state index contributed by atoms with van der Waals surface area (Å²) in [4.78, 5) is 11.9. The minimum absolute atomic E-state index is 0. The van der Waals surface area contributed by atoms with Crippen LogP contribution in [0.5, 0.6) is 11.5 Å². The number of carbonyl (C=O) groups excluding carboxylic acids is 1. The van der Waals surface area contributed by atoms with Crippen LogP contribution in [0.4, 0.5) is 5.69 Å². The molecule has 1 amide bonds. The van der Waals surface area contributed by atoms with Crippen molar-refractivity contribution in [2.45, 2.75) is 12.5 Å². The summed E-state index contributed by atoms with van der Waals surface area (Å²) in [5.41, 5.74) is 0.706. The lowest BCUT2D eigenvalue weighted by Gasteiger charge is -2.23. The van der Waals surface area contributed by atoms with Crippen molar-refractivity contribution in [3.63, 3.8) is 0 Å². The van der Waals surface area contributed by atoms with Gasteiger partial charge in [-0.2, -0.15) is 0 Å². The van der Waals surface area contributed by atoms with Crippen LogP contribution in [0.2, 0.25) is 0 Å². The molecule has 1 aromatic carbocycles. The molecular weight excluding hydrogens is 284 g/mol. The van der Waals surface area contributed by atoms with E-state index >= 15 is 0 Å². The number of nitrogens with one attached hydrogen (secondary N) is 2. The van der Waals surface area contributed by atoms with Crippen molar-refractivity contribution in [2.75, 3.05) is 31.8 Å². The Balaban J connectivity index is 0.00000147. The molecule has 1 saturated heterocycles. The highest BCUT2D eigenvalue weighted by atomic mass is 35.5. The number of morpholine rings is 1. The molecule has 0 radical (unpaired) electrons. The highest BCUT2D eigenvalue weighted by Crippen LogP contribution is 2.34. The molecule has 2 N–H and O–H groups in total. The van der Waals surface area contributed by atoms with Gasteiger partial charge in [-0.25, -0.2) is 0 Å². The normalized spacial score (nSPS) is 20.1. The van der Waals surface area contributed by atoms with E-state index in [1.807, 2.05) is 0 Å². The fourth-order valence-electron chi connectivity index (χ4n) is 2.14. The highest BCUT2D eigenvalue weighted by Gasteiger charge is 2.18. The van der Waals surface area contributed by atoms with Gasteiger partial charge in [-0.3, -0.25) is 4.79 Å². The van der Waals surface area contributed by atoms with Gasteiger partial charge >= 0.3 is 0 Å². The fourth-order valence-corrected chi connectivity index (χ4v) is 2.14. The average molecular weight is 301 g/mol. The molecule has 2 aliphatic heterocycles. The van der Waals surface area contributed by atoms with E-state index in [2.05, 4.69) is 10.6 Å². The molecule has 1 atom stereocenters. The molecule has 0 saturated carbocycles. The summed E-state index contributed by atoms with van der Waals surface area (Å²) in [6, 6.07) is 5.35. The Hall–Kier alpha value is -1.50. The van der Waals surface area contributed by atoms with Gasteiger partial charge < -0.3 is 24.8 Å². The number of ether oxygens (including phenoxy) is 3. The first kappa shape index (κ1) is 14.9. The van der Waals surface area contributed by atoms with Gasteiger partial charge in [-0.1, -0.05) is 0 Å². The van der Waals surface area contributed by atoms with Crippen LogP contribution in [0.15, 0.2) is 18.2 Å². The first-order valence-electron chi connectivity index (χ1n) is 6.33. The molecule has 110 valence electrons. The van der Waals surface area contributed by atoms with Crippen molar-refractivity contribution in [1.29, 1.82) is 0 Å². The maximum Gasteiger partial charge on any atom is 0.231 e. The summed E-state index contributed by atoms with van der Waals surface area (Å²) in [6.45, 7) is 2.45. The van der Waals surface area contributed by atoms with Crippen LogP contribution in [0.25, 0.3) is 0 Å². The van der Waals surface area contributed by atoms with E-state index in [4.69, 9.17) is 14.2 Å². The number of hydrogen-bond donors (Lipinski definition) is 2. The molecule has 6 nitrogen and oxygen atoms in total. The summed E-state index contributed by atoms with van der Waals surface area (Å²) in [7, 11) is 0. The van der Waals surface area contributed by atoms with Gasteiger partial charge in [0, 0.05) is 24.8 Å². The standard InChI is InChI=1S/C13H16N2O4.ClH/c16-13(6-10-7-14-3-4-17-10)15-9-1-2-11-12(5-9)19-8-18-11;/h1-2,5,10,14H,3-4,6-8H2,(H,15,16);1H. The number of amides is 1. The van der Waals surface area contributed by atoms with Crippen molar-refractivity contribution >= 4 is 24.0 Å². The third-order valence-electron chi connectivity index (χ3n) is 3.07. The summed E-state index contributed by atoms with van der Waals surface area (Å²) < 4.78 is 16.0. The molecule has 1 fully saturated rings. The summed E-state index contributed by atoms with van der Waals surface area (Å²) in [6.07, 6.45) is 0.296. The minimum atomic E-state index is -0.0624. The number of anilines is 1. The van der Waals surface area contributed by atoms with Gasteiger partial charge in [0.15, 0.2) is 11.5 Å². The largest absolute Gasteiger partial charge is 0.454 e. The summed E-state index contributed by atoms with van der Waals surface area (Å²) >= 11 is 0. The monoisotopic (exact) mass is 300 g/mol. The van der Waals surface area contributed by atoms with Crippen LogP contribution >= 0.6 is 12.4 Å². The number of carbonyl (C=O) groups is 1. The number of hydrogen-bond acceptors (Lipinski definition) is 5. The Morgan fingerprint density at radius 2 is 2.20 bits per heavy atom. The van der Waals surface area contributed by atoms with E-state index in [0.29, 0.717) is 36.8 Å². The predicted octanol–water partition coefficient (Wildman–Crippen LogP) is 1.15. The Morgan fingerprint density at radius 1 is 1.35 bits per heavy atom. The summed E-state index contributed by atoms with van der Waals surface area (Å²) in [5.74, 6) is 1.30. The third kappa shape index (κ3) is 3.53. The van der Waals surface area contributed by atoms with E-state index < -0.39 is 0 Å². The molecule has 3 rings (SSSR count). The van der Waals surface area contributed by atoms with E-state index in [-0.39, 0.29) is 31.2 Å². The zero-order valence-electron chi connectivity index (χ0n) is 10.9. The predicted molar refractivity (Wildman–Crippen MR) is 75.7 cm³/mol. The quantitative estimate of drug-likeness (QED) is 0.876. The van der Waals surface area contributed by atoms with Gasteiger partial charge in [0.1, 0.15) is 0 Å². The molecule has 0 spiro atoms. The molecular formula is C13H17ClN2O4. The molecule has 1 unspecified atom stereocenters. The first-order valence-corrected chi connectivity index (χ1v) is 6.33. The van der Waals surface area contributed by atoms with E-state index in [9.17, 15) is 4.79 Å². The second kappa shape index (κ2) is 6.78. The van der Waals surface area contributed by atoms with Crippen molar-refractivity contribution in [3.05, 3.63) is 18.2 Å². The molecule has 7 heteroatoms. The Bertz CT molecular complexity index is 477. The zero-order chi connectivity index (χ0) is 13.1. The second-order valence-corrected chi connectivity index (χ2v) is 4.52. The topological polar surface area (TPSA) is 68.8 Å². The maximum atomic E-state index is 11.9. The average Bonchev–Trinajstić information content (AvgIpc) is 2.87. The number of fused-ring (bicyclic) bond motifs is 1. The van der Waals surface area contributed by atoms with Crippen LogP contribution in [0.3, 0.4) is 0 Å². The second-order valence-electron chi connectivity index (χ2n) is 4.52. The molecule has 20 heavy (non-hydrogen) atoms. The molecule has 2 aliphatic rings. The molecule has 0 bridgehead atoms. The fraction of sp³-hybridized carbons (Fsp3) is 0.462. The van der Waals surface area contributed by atoms with Crippen LogP contribution in [-0.4, -0.2) is 38.5 Å². The Labute approximate surface area is 123 Å². The van der Waals surface area contributed by atoms with E-state index in [1.165, 1.54) is 0 Å². The Morgan fingerprint density at radius 3 is 3.00 bits per heavy atom.